The maximum Gasteiger partial charge on any atom is 0.277 e. The Bertz CT molecular complexity index is 888. The molecule has 0 saturated heterocycles. The van der Waals surface area contributed by atoms with Crippen LogP contribution in [0.5, 0.6) is 5.75 Å². The third-order valence-corrected chi connectivity index (χ3v) is 4.60. The third kappa shape index (κ3) is 4.20. The van der Waals surface area contributed by atoms with Gasteiger partial charge in [0.05, 0.1) is 0 Å². The highest BCUT2D eigenvalue weighted by Gasteiger charge is 2.24. The van der Waals surface area contributed by atoms with Crippen molar-refractivity contribution in [1.82, 2.24) is 10.2 Å². The molecule has 0 aliphatic rings. The molecule has 8 heteroatoms. The lowest BCUT2D eigenvalue weighted by Crippen LogP contribution is -2.18. The van der Waals surface area contributed by atoms with Crippen LogP contribution >= 0.6 is 11.8 Å². The van der Waals surface area contributed by atoms with Crippen molar-refractivity contribution < 1.29 is 18.3 Å². The van der Waals surface area contributed by atoms with Gasteiger partial charge in [-0.05, 0) is 36.4 Å². The summed E-state index contributed by atoms with van der Waals surface area (Å²) in [6, 6.07) is 15.1. The van der Waals surface area contributed by atoms with Crippen LogP contribution in [-0.4, -0.2) is 16.1 Å². The fourth-order valence-corrected chi connectivity index (χ4v) is 3.06. The molecule has 0 aliphatic heterocycles. The van der Waals surface area contributed by atoms with Crippen LogP contribution in [0.3, 0.4) is 0 Å². The summed E-state index contributed by atoms with van der Waals surface area (Å²) in [4.78, 5) is 11.8. The highest BCUT2D eigenvalue weighted by molar-refractivity contribution is 8.00. The van der Waals surface area contributed by atoms with Crippen molar-refractivity contribution in [2.75, 3.05) is 0 Å². The zero-order chi connectivity index (χ0) is 18.5. The van der Waals surface area contributed by atoms with E-state index >= 15 is 0 Å². The van der Waals surface area contributed by atoms with Crippen LogP contribution in [0, 0.1) is 5.82 Å². The lowest BCUT2D eigenvalue weighted by atomic mass is 10.1. The molecule has 134 valence electrons. The molecular formula is C18H16FN3O3S. The van der Waals surface area contributed by atoms with Gasteiger partial charge in [-0.15, -0.1) is 10.2 Å². The van der Waals surface area contributed by atoms with Gasteiger partial charge in [0.2, 0.25) is 5.91 Å². The Balaban J connectivity index is 1.72. The van der Waals surface area contributed by atoms with Gasteiger partial charge in [-0.1, -0.05) is 42.5 Å². The molecule has 26 heavy (non-hydrogen) atoms. The average Bonchev–Trinajstić information content (AvgIpc) is 3.11. The van der Waals surface area contributed by atoms with Crippen molar-refractivity contribution in [2.45, 2.75) is 23.5 Å². The Labute approximate surface area is 153 Å². The van der Waals surface area contributed by atoms with E-state index in [2.05, 4.69) is 10.2 Å². The van der Waals surface area contributed by atoms with Gasteiger partial charge in [0.25, 0.3) is 11.1 Å². The van der Waals surface area contributed by atoms with Crippen molar-refractivity contribution in [3.05, 3.63) is 71.9 Å². The van der Waals surface area contributed by atoms with Crippen LogP contribution in [0.1, 0.15) is 29.7 Å². The number of aromatic nitrogens is 2. The third-order valence-electron chi connectivity index (χ3n) is 3.49. The van der Waals surface area contributed by atoms with E-state index in [-0.39, 0.29) is 16.9 Å². The number of primary amides is 1. The lowest BCUT2D eigenvalue weighted by molar-refractivity contribution is -0.117. The second kappa shape index (κ2) is 8.01. The van der Waals surface area contributed by atoms with Gasteiger partial charge >= 0.3 is 0 Å². The van der Waals surface area contributed by atoms with Crippen molar-refractivity contribution in [3.8, 4) is 5.75 Å². The van der Waals surface area contributed by atoms with Gasteiger partial charge < -0.3 is 14.9 Å². The number of hydrogen-bond acceptors (Lipinski definition) is 6. The summed E-state index contributed by atoms with van der Waals surface area (Å²) in [5.41, 5.74) is 6.22. The normalized spacial score (nSPS) is 13.2. The predicted molar refractivity (Wildman–Crippen MR) is 94.0 cm³/mol. The number of para-hydroxylation sites is 1. The number of benzene rings is 2. The first kappa shape index (κ1) is 17.9. The largest absolute Gasteiger partial charge is 0.478 e. The minimum atomic E-state index is -0.660. The van der Waals surface area contributed by atoms with E-state index in [4.69, 9.17) is 14.9 Å². The Morgan fingerprint density at radius 3 is 2.54 bits per heavy atom. The molecule has 2 N–H and O–H groups in total. The average molecular weight is 373 g/mol. The van der Waals surface area contributed by atoms with Crippen LogP contribution in [0.4, 0.5) is 4.39 Å². The van der Waals surface area contributed by atoms with E-state index in [0.717, 1.165) is 17.3 Å². The summed E-state index contributed by atoms with van der Waals surface area (Å²) in [7, 11) is 0. The number of carbonyl (C=O) groups is 1. The number of nitrogens with two attached hydrogens (primary N) is 1. The van der Waals surface area contributed by atoms with Crippen LogP contribution in [0.25, 0.3) is 0 Å². The molecule has 0 radical (unpaired) electrons. The lowest BCUT2D eigenvalue weighted by Gasteiger charge is -2.12. The van der Waals surface area contributed by atoms with Gasteiger partial charge in [0.1, 0.15) is 5.25 Å². The number of carbonyl (C=O) groups excluding carboxylic acids is 1. The number of hydrogen-bond donors (Lipinski definition) is 1. The molecule has 0 aliphatic carbocycles. The molecule has 3 aromatic rings. The quantitative estimate of drug-likeness (QED) is 0.636. The number of halogens is 1. The van der Waals surface area contributed by atoms with Crippen molar-refractivity contribution in [2.24, 2.45) is 5.73 Å². The molecule has 0 fully saturated rings. The van der Waals surface area contributed by atoms with E-state index < -0.39 is 23.1 Å². The molecule has 0 saturated carbocycles. The first-order valence-corrected chi connectivity index (χ1v) is 8.68. The maximum atomic E-state index is 13.7. The van der Waals surface area contributed by atoms with Crippen LogP contribution in [-0.2, 0) is 4.79 Å². The van der Waals surface area contributed by atoms with E-state index in [0.29, 0.717) is 0 Å². The summed E-state index contributed by atoms with van der Waals surface area (Å²) >= 11 is 1.05. The standard InChI is InChI=1S/C18H16FN3O3S/c1-11(24-14-10-6-5-9-13(14)19)17-21-22-18(25-17)26-15(16(20)23)12-7-3-2-4-8-12/h2-11,15H,1H3,(H2,20,23)/t11-,15-/m0/s1. The molecule has 6 nitrogen and oxygen atoms in total. The molecule has 2 atom stereocenters. The summed E-state index contributed by atoms with van der Waals surface area (Å²) in [5, 5.41) is 7.34. The van der Waals surface area contributed by atoms with Crippen LogP contribution in [0.15, 0.2) is 64.2 Å². The highest BCUT2D eigenvalue weighted by atomic mass is 32.2. The fraction of sp³-hybridized carbons (Fsp3) is 0.167. The first-order valence-electron chi connectivity index (χ1n) is 7.80. The number of rotatable bonds is 7. The SMILES string of the molecule is C[C@H](Oc1ccccc1F)c1nnc(S[C@H](C(N)=O)c2ccccc2)o1. The van der Waals surface area contributed by atoms with Gasteiger partial charge in [-0.3, -0.25) is 4.79 Å². The summed E-state index contributed by atoms with van der Waals surface area (Å²) < 4.78 is 24.7. The number of thioether (sulfide) groups is 1. The van der Waals surface area contributed by atoms with Gasteiger partial charge in [-0.25, -0.2) is 4.39 Å². The smallest absolute Gasteiger partial charge is 0.277 e. The van der Waals surface area contributed by atoms with Crippen LogP contribution in [0.2, 0.25) is 0 Å². The molecule has 3 rings (SSSR count). The summed E-state index contributed by atoms with van der Waals surface area (Å²) in [5.74, 6) is -0.735. The summed E-state index contributed by atoms with van der Waals surface area (Å²) in [6.45, 7) is 1.66. The number of nitrogens with zero attached hydrogens (tertiary/aromatic N) is 2. The van der Waals surface area contributed by atoms with Gasteiger partial charge in [-0.2, -0.15) is 0 Å². The zero-order valence-electron chi connectivity index (χ0n) is 13.8. The van der Waals surface area contributed by atoms with Gasteiger partial charge in [0.15, 0.2) is 17.7 Å². The van der Waals surface area contributed by atoms with Crippen molar-refractivity contribution in [1.29, 1.82) is 0 Å². The molecule has 0 spiro atoms. The minimum Gasteiger partial charge on any atom is -0.478 e. The monoisotopic (exact) mass is 373 g/mol. The summed E-state index contributed by atoms with van der Waals surface area (Å²) in [6.07, 6.45) is -0.655. The second-order valence-corrected chi connectivity index (χ2v) is 6.46. The molecule has 0 unspecified atom stereocenters. The molecule has 0 bridgehead atoms. The molecule has 2 aromatic carbocycles. The number of amides is 1. The predicted octanol–water partition coefficient (Wildman–Crippen LogP) is 3.67. The zero-order valence-corrected chi connectivity index (χ0v) is 14.7. The molecule has 1 amide bonds. The van der Waals surface area contributed by atoms with E-state index in [1.165, 1.54) is 12.1 Å². The highest BCUT2D eigenvalue weighted by Crippen LogP contribution is 2.35. The minimum absolute atomic E-state index is 0.0895. The Morgan fingerprint density at radius 2 is 1.85 bits per heavy atom. The van der Waals surface area contributed by atoms with E-state index in [1.807, 2.05) is 18.2 Å². The van der Waals surface area contributed by atoms with Crippen molar-refractivity contribution >= 4 is 17.7 Å². The topological polar surface area (TPSA) is 91.2 Å². The molecule has 1 aromatic heterocycles. The van der Waals surface area contributed by atoms with Crippen LogP contribution < -0.4 is 10.5 Å². The van der Waals surface area contributed by atoms with Gasteiger partial charge in [0, 0.05) is 0 Å². The molecule has 1 heterocycles. The van der Waals surface area contributed by atoms with Crippen molar-refractivity contribution in [3.63, 3.8) is 0 Å². The molecular weight excluding hydrogens is 357 g/mol. The Kier molecular flexibility index (Phi) is 5.52. The fourth-order valence-electron chi connectivity index (χ4n) is 2.23. The second-order valence-electron chi connectivity index (χ2n) is 5.41. The van der Waals surface area contributed by atoms with E-state index in [9.17, 15) is 9.18 Å². The Hall–Kier alpha value is -2.87. The first-order chi connectivity index (χ1) is 12.5. The Morgan fingerprint density at radius 1 is 1.15 bits per heavy atom. The van der Waals surface area contributed by atoms with E-state index in [1.54, 1.807) is 31.2 Å². The maximum absolute atomic E-state index is 13.7. The number of ether oxygens (including phenoxy) is 1.